The average molecular weight is 318 g/mol. The molecule has 5 heteroatoms. The van der Waals surface area contributed by atoms with Gasteiger partial charge in [-0.25, -0.2) is 0 Å². The van der Waals surface area contributed by atoms with Crippen molar-refractivity contribution in [2.75, 3.05) is 6.61 Å². The standard InChI is InChI=1S/C15H21BO2.C3H6O2/c1-14(2)15(3,4)18-16(17-14)13-7-5-6-12(10-13)11-8-9-11;1-2-5-3-4/h5-7,10-11H,8-9H2,1-4H3;3H,2H2,1H3. The van der Waals surface area contributed by atoms with E-state index in [-0.39, 0.29) is 18.3 Å². The summed E-state index contributed by atoms with van der Waals surface area (Å²) in [6, 6.07) is 8.69. The van der Waals surface area contributed by atoms with E-state index in [4.69, 9.17) is 9.31 Å². The first-order chi connectivity index (χ1) is 10.8. The van der Waals surface area contributed by atoms with Crippen LogP contribution >= 0.6 is 0 Å². The summed E-state index contributed by atoms with van der Waals surface area (Å²) in [6.07, 6.45) is 2.65. The lowest BCUT2D eigenvalue weighted by atomic mass is 9.78. The van der Waals surface area contributed by atoms with Crippen molar-refractivity contribution in [1.82, 2.24) is 0 Å². The molecule has 0 aromatic heterocycles. The zero-order chi connectivity index (χ0) is 17.1. The molecular weight excluding hydrogens is 291 g/mol. The second-order valence-corrected chi connectivity index (χ2v) is 7.08. The minimum atomic E-state index is -0.257. The van der Waals surface area contributed by atoms with Gasteiger partial charge in [0.1, 0.15) is 0 Å². The lowest BCUT2D eigenvalue weighted by molar-refractivity contribution is -0.128. The Labute approximate surface area is 139 Å². The first-order valence-electron chi connectivity index (χ1n) is 8.31. The molecule has 0 atom stereocenters. The molecule has 1 aromatic carbocycles. The summed E-state index contributed by atoms with van der Waals surface area (Å²) in [5.41, 5.74) is 2.07. The molecule has 0 radical (unpaired) electrons. The van der Waals surface area contributed by atoms with Gasteiger partial charge in [0.2, 0.25) is 0 Å². The van der Waals surface area contributed by atoms with Gasteiger partial charge in [-0.15, -0.1) is 0 Å². The number of ether oxygens (including phenoxy) is 1. The van der Waals surface area contributed by atoms with E-state index in [0.717, 1.165) is 11.4 Å². The van der Waals surface area contributed by atoms with Gasteiger partial charge in [-0.1, -0.05) is 24.3 Å². The number of hydrogen-bond acceptors (Lipinski definition) is 4. The van der Waals surface area contributed by atoms with Crippen molar-refractivity contribution in [3.05, 3.63) is 29.8 Å². The van der Waals surface area contributed by atoms with Crippen LogP contribution in [-0.2, 0) is 18.8 Å². The Hall–Kier alpha value is -1.33. The molecule has 23 heavy (non-hydrogen) atoms. The van der Waals surface area contributed by atoms with Crippen LogP contribution in [0.4, 0.5) is 0 Å². The average Bonchev–Trinajstić information content (AvgIpc) is 3.29. The molecule has 1 saturated carbocycles. The molecule has 0 spiro atoms. The van der Waals surface area contributed by atoms with Gasteiger partial charge in [0.05, 0.1) is 17.8 Å². The summed E-state index contributed by atoms with van der Waals surface area (Å²) < 4.78 is 16.3. The van der Waals surface area contributed by atoms with Gasteiger partial charge in [0, 0.05) is 0 Å². The minimum absolute atomic E-state index is 0.228. The maximum atomic E-state index is 9.18. The summed E-state index contributed by atoms with van der Waals surface area (Å²) in [4.78, 5) is 9.18. The van der Waals surface area contributed by atoms with Crippen LogP contribution < -0.4 is 5.46 Å². The van der Waals surface area contributed by atoms with Crippen LogP contribution in [0.3, 0.4) is 0 Å². The number of rotatable bonds is 4. The summed E-state index contributed by atoms with van der Waals surface area (Å²) >= 11 is 0. The molecule has 3 rings (SSSR count). The molecule has 1 aliphatic heterocycles. The molecule has 1 saturated heterocycles. The highest BCUT2D eigenvalue weighted by atomic mass is 16.7. The highest BCUT2D eigenvalue weighted by molar-refractivity contribution is 6.62. The molecule has 0 bridgehead atoms. The highest BCUT2D eigenvalue weighted by Gasteiger charge is 2.51. The molecule has 0 unspecified atom stereocenters. The first kappa shape index (κ1) is 18.0. The molecule has 1 aromatic rings. The smallest absolute Gasteiger partial charge is 0.468 e. The van der Waals surface area contributed by atoms with E-state index in [1.807, 2.05) is 0 Å². The van der Waals surface area contributed by atoms with E-state index in [2.05, 4.69) is 56.7 Å². The van der Waals surface area contributed by atoms with Crippen molar-refractivity contribution >= 4 is 19.1 Å². The van der Waals surface area contributed by atoms with Crippen LogP contribution in [0.2, 0.25) is 0 Å². The molecule has 0 amide bonds. The predicted octanol–water partition coefficient (Wildman–Crippen LogP) is 3.04. The maximum Gasteiger partial charge on any atom is 0.494 e. The van der Waals surface area contributed by atoms with Crippen molar-refractivity contribution in [2.45, 2.75) is 64.6 Å². The monoisotopic (exact) mass is 318 g/mol. The van der Waals surface area contributed by atoms with E-state index in [1.165, 1.54) is 18.4 Å². The van der Waals surface area contributed by atoms with Gasteiger partial charge in [0.25, 0.3) is 6.47 Å². The third kappa shape index (κ3) is 4.36. The van der Waals surface area contributed by atoms with E-state index in [9.17, 15) is 4.79 Å². The third-order valence-electron chi connectivity index (χ3n) is 4.72. The first-order valence-corrected chi connectivity index (χ1v) is 8.31. The zero-order valence-corrected chi connectivity index (χ0v) is 14.8. The quantitative estimate of drug-likeness (QED) is 0.632. The summed E-state index contributed by atoms with van der Waals surface area (Å²) in [5, 5.41) is 0. The van der Waals surface area contributed by atoms with E-state index in [0.29, 0.717) is 13.1 Å². The Morgan fingerprint density at radius 3 is 2.26 bits per heavy atom. The molecule has 126 valence electrons. The predicted molar refractivity (Wildman–Crippen MR) is 91.8 cm³/mol. The summed E-state index contributed by atoms with van der Waals surface area (Å²) in [7, 11) is -0.228. The topological polar surface area (TPSA) is 44.8 Å². The molecular formula is C18H27BO4. The molecule has 2 fully saturated rings. The van der Waals surface area contributed by atoms with E-state index >= 15 is 0 Å². The van der Waals surface area contributed by atoms with Crippen LogP contribution in [0.1, 0.15) is 58.9 Å². The summed E-state index contributed by atoms with van der Waals surface area (Å²) in [5.74, 6) is 0.771. The van der Waals surface area contributed by atoms with Crippen LogP contribution in [-0.4, -0.2) is 31.4 Å². The second-order valence-electron chi connectivity index (χ2n) is 7.08. The van der Waals surface area contributed by atoms with E-state index < -0.39 is 0 Å². The fraction of sp³-hybridized carbons (Fsp3) is 0.611. The lowest BCUT2D eigenvalue weighted by Gasteiger charge is -2.32. The highest BCUT2D eigenvalue weighted by Crippen LogP contribution is 2.40. The normalized spacial score (nSPS) is 21.3. The van der Waals surface area contributed by atoms with Gasteiger partial charge in [-0.2, -0.15) is 0 Å². The number of carbonyl (C=O) groups is 1. The Bertz CT molecular complexity index is 522. The number of benzene rings is 1. The number of hydrogen-bond donors (Lipinski definition) is 0. The molecule has 1 heterocycles. The van der Waals surface area contributed by atoms with Crippen molar-refractivity contribution in [2.24, 2.45) is 0 Å². The molecule has 1 aliphatic carbocycles. The van der Waals surface area contributed by atoms with Crippen molar-refractivity contribution in [3.8, 4) is 0 Å². The van der Waals surface area contributed by atoms with Gasteiger partial charge >= 0.3 is 7.12 Å². The largest absolute Gasteiger partial charge is 0.494 e. The SMILES string of the molecule is CC1(C)OB(c2cccc(C3CC3)c2)OC1(C)C.CCOC=O. The fourth-order valence-electron chi connectivity index (χ4n) is 2.42. The molecule has 0 N–H and O–H groups in total. The Morgan fingerprint density at radius 2 is 1.83 bits per heavy atom. The molecule has 4 nitrogen and oxygen atoms in total. The van der Waals surface area contributed by atoms with Gasteiger partial charge in [-0.3, -0.25) is 4.79 Å². The van der Waals surface area contributed by atoms with Gasteiger partial charge in [-0.05, 0) is 64.4 Å². The second kappa shape index (κ2) is 7.06. The Morgan fingerprint density at radius 1 is 1.22 bits per heavy atom. The fourth-order valence-corrected chi connectivity index (χ4v) is 2.42. The number of carbonyl (C=O) groups excluding carboxylic acids is 1. The van der Waals surface area contributed by atoms with Crippen LogP contribution in [0, 0.1) is 0 Å². The van der Waals surface area contributed by atoms with Crippen LogP contribution in [0.5, 0.6) is 0 Å². The van der Waals surface area contributed by atoms with Crippen LogP contribution in [0.25, 0.3) is 0 Å². The zero-order valence-electron chi connectivity index (χ0n) is 14.8. The Kier molecular flexibility index (Phi) is 5.53. The van der Waals surface area contributed by atoms with Gasteiger partial charge in [0.15, 0.2) is 0 Å². The Balaban J connectivity index is 0.000000338. The minimum Gasteiger partial charge on any atom is -0.468 e. The maximum absolute atomic E-state index is 9.18. The molecule has 2 aliphatic rings. The van der Waals surface area contributed by atoms with Crippen molar-refractivity contribution < 1.29 is 18.8 Å². The van der Waals surface area contributed by atoms with Crippen molar-refractivity contribution in [3.63, 3.8) is 0 Å². The lowest BCUT2D eigenvalue weighted by Crippen LogP contribution is -2.41. The van der Waals surface area contributed by atoms with E-state index in [1.54, 1.807) is 6.92 Å². The third-order valence-corrected chi connectivity index (χ3v) is 4.72. The van der Waals surface area contributed by atoms with Crippen molar-refractivity contribution in [1.29, 1.82) is 0 Å². The van der Waals surface area contributed by atoms with Gasteiger partial charge < -0.3 is 14.0 Å². The van der Waals surface area contributed by atoms with Crippen LogP contribution in [0.15, 0.2) is 24.3 Å². The summed E-state index contributed by atoms with van der Waals surface area (Å²) in [6.45, 7) is 11.0.